The third-order valence-corrected chi connectivity index (χ3v) is 3.31. The summed E-state index contributed by atoms with van der Waals surface area (Å²) in [4.78, 5) is 0. The van der Waals surface area contributed by atoms with Gasteiger partial charge in [-0.05, 0) is 40.2 Å². The second-order valence-electron chi connectivity index (χ2n) is 7.02. The molecule has 0 amide bonds. The van der Waals surface area contributed by atoms with Gasteiger partial charge in [-0.2, -0.15) is 0 Å². The molecule has 1 aliphatic rings. The van der Waals surface area contributed by atoms with E-state index in [-0.39, 0.29) is 11.1 Å². The van der Waals surface area contributed by atoms with Crippen molar-refractivity contribution in [1.29, 1.82) is 0 Å². The van der Waals surface area contributed by atoms with Crippen LogP contribution in [0.15, 0.2) is 18.2 Å². The Kier molecular flexibility index (Phi) is 3.63. The predicted octanol–water partition coefficient (Wildman–Crippen LogP) is 2.82. The monoisotopic (exact) mass is 263 g/mol. The molecular weight excluding hydrogens is 238 g/mol. The van der Waals surface area contributed by atoms with Crippen molar-refractivity contribution in [1.82, 2.24) is 5.32 Å². The molecule has 2 N–H and O–H groups in total. The van der Waals surface area contributed by atoms with Gasteiger partial charge < -0.3 is 15.2 Å². The van der Waals surface area contributed by atoms with Gasteiger partial charge in [-0.3, -0.25) is 0 Å². The minimum atomic E-state index is -0.539. The lowest BCUT2D eigenvalue weighted by Crippen LogP contribution is -2.38. The van der Waals surface area contributed by atoms with Crippen LogP contribution in [-0.2, 0) is 6.42 Å². The molecule has 0 saturated heterocycles. The zero-order chi connectivity index (χ0) is 14.3. The highest BCUT2D eigenvalue weighted by molar-refractivity contribution is 5.46. The number of fused-ring (bicyclic) bond motifs is 1. The largest absolute Gasteiger partial charge is 0.487 e. The summed E-state index contributed by atoms with van der Waals surface area (Å²) in [7, 11) is 0. The van der Waals surface area contributed by atoms with E-state index in [0.717, 1.165) is 17.7 Å². The van der Waals surface area contributed by atoms with E-state index in [0.29, 0.717) is 6.54 Å². The first-order chi connectivity index (χ1) is 8.68. The van der Waals surface area contributed by atoms with Crippen LogP contribution in [0.3, 0.4) is 0 Å². The number of benzene rings is 1. The second-order valence-corrected chi connectivity index (χ2v) is 7.02. The van der Waals surface area contributed by atoms with Crippen LogP contribution in [0.4, 0.5) is 0 Å². The van der Waals surface area contributed by atoms with E-state index < -0.39 is 6.10 Å². The van der Waals surface area contributed by atoms with Crippen LogP contribution in [0.5, 0.6) is 5.75 Å². The third-order valence-electron chi connectivity index (χ3n) is 3.31. The first-order valence-electron chi connectivity index (χ1n) is 6.92. The van der Waals surface area contributed by atoms with Crippen molar-refractivity contribution in [3.63, 3.8) is 0 Å². The van der Waals surface area contributed by atoms with Gasteiger partial charge in [0.2, 0.25) is 0 Å². The van der Waals surface area contributed by atoms with Crippen LogP contribution in [0.2, 0.25) is 0 Å². The number of hydrogen-bond acceptors (Lipinski definition) is 3. The molecule has 0 aromatic heterocycles. The predicted molar refractivity (Wildman–Crippen MR) is 77.6 cm³/mol. The molecule has 1 unspecified atom stereocenters. The molecule has 0 bridgehead atoms. The normalized spacial score (nSPS) is 18.8. The Morgan fingerprint density at radius 3 is 2.68 bits per heavy atom. The average molecular weight is 263 g/mol. The molecule has 0 fully saturated rings. The Bertz CT molecular complexity index is 460. The fraction of sp³-hybridized carbons (Fsp3) is 0.625. The second kappa shape index (κ2) is 4.80. The van der Waals surface area contributed by atoms with Crippen LogP contribution in [-0.4, -0.2) is 22.8 Å². The van der Waals surface area contributed by atoms with Crippen molar-refractivity contribution < 1.29 is 9.84 Å². The average Bonchev–Trinajstić information content (AvgIpc) is 2.58. The zero-order valence-electron chi connectivity index (χ0n) is 12.6. The van der Waals surface area contributed by atoms with Crippen molar-refractivity contribution in [2.75, 3.05) is 6.54 Å². The lowest BCUT2D eigenvalue weighted by atomic mass is 9.98. The fourth-order valence-corrected chi connectivity index (χ4v) is 2.41. The number of hydrogen-bond donors (Lipinski definition) is 2. The molecular formula is C16H25NO2. The molecule has 0 saturated carbocycles. The highest BCUT2D eigenvalue weighted by Crippen LogP contribution is 2.39. The van der Waals surface area contributed by atoms with Gasteiger partial charge in [-0.1, -0.05) is 18.2 Å². The van der Waals surface area contributed by atoms with Crippen LogP contribution in [0.1, 0.15) is 51.8 Å². The quantitative estimate of drug-likeness (QED) is 0.881. The molecule has 0 radical (unpaired) electrons. The van der Waals surface area contributed by atoms with Crippen molar-refractivity contribution in [3.05, 3.63) is 29.3 Å². The maximum Gasteiger partial charge on any atom is 0.129 e. The van der Waals surface area contributed by atoms with Gasteiger partial charge in [0.25, 0.3) is 0 Å². The number of aliphatic hydroxyl groups excluding tert-OH is 1. The summed E-state index contributed by atoms with van der Waals surface area (Å²) >= 11 is 0. The molecule has 0 aliphatic carbocycles. The molecule has 1 aromatic rings. The zero-order valence-corrected chi connectivity index (χ0v) is 12.6. The van der Waals surface area contributed by atoms with Crippen LogP contribution in [0, 0.1) is 0 Å². The Balaban J connectivity index is 2.16. The molecule has 1 aliphatic heterocycles. The van der Waals surface area contributed by atoms with Crippen LogP contribution >= 0.6 is 0 Å². The summed E-state index contributed by atoms with van der Waals surface area (Å²) in [5, 5.41) is 13.7. The Morgan fingerprint density at radius 1 is 1.37 bits per heavy atom. The van der Waals surface area contributed by atoms with Crippen molar-refractivity contribution in [3.8, 4) is 5.75 Å². The van der Waals surface area contributed by atoms with E-state index in [4.69, 9.17) is 4.74 Å². The molecule has 3 nitrogen and oxygen atoms in total. The maximum atomic E-state index is 10.4. The molecule has 0 spiro atoms. The third kappa shape index (κ3) is 3.48. The van der Waals surface area contributed by atoms with Gasteiger partial charge in [0.15, 0.2) is 0 Å². The lowest BCUT2D eigenvalue weighted by molar-refractivity contribution is 0.123. The van der Waals surface area contributed by atoms with E-state index in [2.05, 4.69) is 46.0 Å². The molecule has 3 heteroatoms. The molecule has 106 valence electrons. The summed E-state index contributed by atoms with van der Waals surface area (Å²) in [5.74, 6) is 0.871. The van der Waals surface area contributed by atoms with Crippen LogP contribution < -0.4 is 10.1 Å². The summed E-state index contributed by atoms with van der Waals surface area (Å²) < 4.78 is 5.99. The van der Waals surface area contributed by atoms with Gasteiger partial charge >= 0.3 is 0 Å². The first-order valence-corrected chi connectivity index (χ1v) is 6.92. The number of β-amino-alcohol motifs (C(OH)–C–C–N with tert-alkyl or cyclic N) is 1. The molecule has 19 heavy (non-hydrogen) atoms. The van der Waals surface area contributed by atoms with E-state index in [1.54, 1.807) is 0 Å². The minimum Gasteiger partial charge on any atom is -0.487 e. The summed E-state index contributed by atoms with van der Waals surface area (Å²) in [6.07, 6.45) is 0.360. The molecule has 1 atom stereocenters. The van der Waals surface area contributed by atoms with Gasteiger partial charge in [0, 0.05) is 24.1 Å². The molecule has 2 rings (SSSR count). The van der Waals surface area contributed by atoms with Crippen molar-refractivity contribution in [2.24, 2.45) is 0 Å². The smallest absolute Gasteiger partial charge is 0.129 e. The van der Waals surface area contributed by atoms with Crippen LogP contribution in [0.25, 0.3) is 0 Å². The maximum absolute atomic E-state index is 10.4. The van der Waals surface area contributed by atoms with Gasteiger partial charge in [-0.25, -0.2) is 0 Å². The fourth-order valence-electron chi connectivity index (χ4n) is 2.41. The van der Waals surface area contributed by atoms with Crippen molar-refractivity contribution >= 4 is 0 Å². The molecule has 1 aromatic carbocycles. The number of nitrogens with one attached hydrogen (secondary N) is 1. The summed E-state index contributed by atoms with van der Waals surface area (Å²) in [6.45, 7) is 11.0. The van der Waals surface area contributed by atoms with E-state index in [9.17, 15) is 5.11 Å². The van der Waals surface area contributed by atoms with Crippen molar-refractivity contribution in [2.45, 2.75) is 58.3 Å². The van der Waals surface area contributed by atoms with E-state index in [1.807, 2.05) is 12.1 Å². The summed E-state index contributed by atoms with van der Waals surface area (Å²) in [6, 6.07) is 6.03. The lowest BCUT2D eigenvalue weighted by Gasteiger charge is -2.24. The molecule has 1 heterocycles. The number of rotatable bonds is 3. The van der Waals surface area contributed by atoms with E-state index >= 15 is 0 Å². The number of ether oxygens (including phenoxy) is 1. The number of aliphatic hydroxyl groups is 1. The van der Waals surface area contributed by atoms with Gasteiger partial charge in [0.1, 0.15) is 11.4 Å². The van der Waals surface area contributed by atoms with E-state index in [1.165, 1.54) is 5.56 Å². The Labute approximate surface area is 116 Å². The Morgan fingerprint density at radius 2 is 2.05 bits per heavy atom. The SMILES string of the molecule is CC(C)(C)NCC(O)c1cccc2c1OC(C)(C)C2. The number of para-hydroxylation sites is 1. The topological polar surface area (TPSA) is 41.5 Å². The highest BCUT2D eigenvalue weighted by atomic mass is 16.5. The highest BCUT2D eigenvalue weighted by Gasteiger charge is 2.33. The minimum absolute atomic E-state index is 0.000932. The van der Waals surface area contributed by atoms with Gasteiger partial charge in [0.05, 0.1) is 6.10 Å². The van der Waals surface area contributed by atoms with Gasteiger partial charge in [-0.15, -0.1) is 0 Å². The standard InChI is InChI=1S/C16H25NO2/c1-15(2,3)17-10-13(18)12-8-6-7-11-9-16(4,5)19-14(11)12/h6-8,13,17-18H,9-10H2,1-5H3. The first kappa shape index (κ1) is 14.4. The Hall–Kier alpha value is -1.06. The summed E-state index contributed by atoms with van der Waals surface area (Å²) in [5.41, 5.74) is 1.91.